The molecule has 2 aromatic rings. The van der Waals surface area contributed by atoms with Crippen LogP contribution in [0.3, 0.4) is 0 Å². The molecule has 88 valence electrons. The second-order valence-electron chi connectivity index (χ2n) is 3.13. The summed E-state index contributed by atoms with van der Waals surface area (Å²) in [5.74, 6) is 0.187. The number of nitrogens with one attached hydrogen (secondary N) is 1. The van der Waals surface area contributed by atoms with Crippen molar-refractivity contribution in [3.63, 3.8) is 0 Å². The number of aromatic nitrogens is 2. The molecule has 0 aliphatic carbocycles. The van der Waals surface area contributed by atoms with Gasteiger partial charge in [-0.2, -0.15) is 0 Å². The molecule has 2 rings (SSSR count). The predicted octanol–water partition coefficient (Wildman–Crippen LogP) is 1.85. The largest absolute Gasteiger partial charge is 0.397 e. The number of nitrogen functional groups attached to an aromatic ring is 1. The third-order valence-corrected chi connectivity index (χ3v) is 3.76. The molecule has 0 unspecified atom stereocenters. The summed E-state index contributed by atoms with van der Waals surface area (Å²) >= 11 is 2.76. The molecule has 3 N–H and O–H groups in total. The maximum Gasteiger partial charge on any atom is 0.234 e. The minimum absolute atomic E-state index is 0.108. The zero-order valence-corrected chi connectivity index (χ0v) is 10.4. The van der Waals surface area contributed by atoms with Gasteiger partial charge in [0.15, 0.2) is 4.34 Å². The molecule has 7 heteroatoms. The van der Waals surface area contributed by atoms with Crippen LogP contribution in [0.15, 0.2) is 34.1 Å². The minimum atomic E-state index is -0.108. The van der Waals surface area contributed by atoms with Crippen LogP contribution in [-0.4, -0.2) is 21.9 Å². The highest BCUT2D eigenvalue weighted by molar-refractivity contribution is 8.01. The second kappa shape index (κ2) is 5.65. The number of nitrogens with two attached hydrogens (primary N) is 1. The van der Waals surface area contributed by atoms with Gasteiger partial charge < -0.3 is 11.1 Å². The van der Waals surface area contributed by atoms with Crippen molar-refractivity contribution in [3.05, 3.63) is 29.8 Å². The van der Waals surface area contributed by atoms with Gasteiger partial charge in [-0.15, -0.1) is 10.2 Å². The van der Waals surface area contributed by atoms with E-state index in [1.165, 1.54) is 23.1 Å². The summed E-state index contributed by atoms with van der Waals surface area (Å²) in [6, 6.07) is 7.15. The van der Waals surface area contributed by atoms with E-state index in [0.717, 1.165) is 4.34 Å². The molecule has 0 saturated carbocycles. The molecule has 0 bridgehead atoms. The minimum Gasteiger partial charge on any atom is -0.397 e. The van der Waals surface area contributed by atoms with Crippen molar-refractivity contribution in [1.82, 2.24) is 10.2 Å². The molecule has 0 aliphatic heterocycles. The van der Waals surface area contributed by atoms with Crippen LogP contribution >= 0.6 is 23.1 Å². The highest BCUT2D eigenvalue weighted by Gasteiger charge is 2.06. The summed E-state index contributed by atoms with van der Waals surface area (Å²) in [6.07, 6.45) is 0. The van der Waals surface area contributed by atoms with E-state index in [4.69, 9.17) is 5.73 Å². The summed E-state index contributed by atoms with van der Waals surface area (Å²) in [5.41, 5.74) is 8.54. The van der Waals surface area contributed by atoms with Crippen LogP contribution in [0.5, 0.6) is 0 Å². The molecule has 1 aromatic carbocycles. The Bertz CT molecular complexity index is 501. The van der Waals surface area contributed by atoms with Crippen molar-refractivity contribution >= 4 is 40.4 Å². The quantitative estimate of drug-likeness (QED) is 0.652. The number of amides is 1. The van der Waals surface area contributed by atoms with Crippen LogP contribution in [0.2, 0.25) is 0 Å². The van der Waals surface area contributed by atoms with Gasteiger partial charge in [-0.05, 0) is 12.1 Å². The molecule has 1 aromatic heterocycles. The first-order valence-corrected chi connectivity index (χ1v) is 6.65. The average molecular weight is 266 g/mol. The number of para-hydroxylation sites is 2. The number of anilines is 2. The van der Waals surface area contributed by atoms with Gasteiger partial charge in [0.2, 0.25) is 5.91 Å². The fourth-order valence-electron chi connectivity index (χ4n) is 1.15. The Morgan fingerprint density at radius 1 is 1.47 bits per heavy atom. The molecule has 0 radical (unpaired) electrons. The predicted molar refractivity (Wildman–Crippen MR) is 70.1 cm³/mol. The van der Waals surface area contributed by atoms with Gasteiger partial charge in [0.05, 0.1) is 17.1 Å². The fraction of sp³-hybridized carbons (Fsp3) is 0.100. The Kier molecular flexibility index (Phi) is 3.94. The van der Waals surface area contributed by atoms with Crippen LogP contribution in [0.4, 0.5) is 11.4 Å². The van der Waals surface area contributed by atoms with Crippen LogP contribution in [0, 0.1) is 0 Å². The SMILES string of the molecule is Nc1ccccc1NC(=O)CSc1nncs1. The lowest BCUT2D eigenvalue weighted by molar-refractivity contribution is -0.113. The first-order valence-electron chi connectivity index (χ1n) is 4.79. The van der Waals surface area contributed by atoms with Crippen LogP contribution in [0.25, 0.3) is 0 Å². The molecule has 0 atom stereocenters. The maximum atomic E-state index is 11.6. The Morgan fingerprint density at radius 3 is 3.00 bits per heavy atom. The molecule has 0 spiro atoms. The molecule has 1 amide bonds. The molecule has 1 heterocycles. The van der Waals surface area contributed by atoms with Gasteiger partial charge in [-0.25, -0.2) is 0 Å². The smallest absolute Gasteiger partial charge is 0.234 e. The Balaban J connectivity index is 1.87. The fourth-order valence-corrected chi connectivity index (χ4v) is 2.44. The van der Waals surface area contributed by atoms with E-state index in [-0.39, 0.29) is 5.91 Å². The zero-order valence-electron chi connectivity index (χ0n) is 8.79. The van der Waals surface area contributed by atoms with Crippen molar-refractivity contribution in [3.8, 4) is 0 Å². The normalized spacial score (nSPS) is 10.1. The molecule has 5 nitrogen and oxygen atoms in total. The number of hydrogen-bond donors (Lipinski definition) is 2. The van der Waals surface area contributed by atoms with E-state index in [2.05, 4.69) is 15.5 Å². The van der Waals surface area contributed by atoms with E-state index in [1.807, 2.05) is 12.1 Å². The monoisotopic (exact) mass is 266 g/mol. The van der Waals surface area contributed by atoms with E-state index in [1.54, 1.807) is 17.6 Å². The maximum absolute atomic E-state index is 11.6. The Hall–Kier alpha value is -1.60. The summed E-state index contributed by atoms with van der Waals surface area (Å²) in [6.45, 7) is 0. The molecular weight excluding hydrogens is 256 g/mol. The third kappa shape index (κ3) is 3.43. The summed E-state index contributed by atoms with van der Waals surface area (Å²) in [4.78, 5) is 11.6. The van der Waals surface area contributed by atoms with E-state index >= 15 is 0 Å². The van der Waals surface area contributed by atoms with Crippen molar-refractivity contribution < 1.29 is 4.79 Å². The van der Waals surface area contributed by atoms with Crippen molar-refractivity contribution in [1.29, 1.82) is 0 Å². The van der Waals surface area contributed by atoms with Crippen LogP contribution in [-0.2, 0) is 4.79 Å². The molecule has 0 saturated heterocycles. The number of carbonyl (C=O) groups is 1. The number of thioether (sulfide) groups is 1. The second-order valence-corrected chi connectivity index (χ2v) is 5.18. The number of rotatable bonds is 4. The molecular formula is C10H10N4OS2. The van der Waals surface area contributed by atoms with E-state index in [0.29, 0.717) is 17.1 Å². The summed E-state index contributed by atoms with van der Waals surface area (Å²) in [5, 5.41) is 10.3. The summed E-state index contributed by atoms with van der Waals surface area (Å²) in [7, 11) is 0. The van der Waals surface area contributed by atoms with E-state index < -0.39 is 0 Å². The van der Waals surface area contributed by atoms with Gasteiger partial charge in [0.25, 0.3) is 0 Å². The van der Waals surface area contributed by atoms with Crippen LogP contribution < -0.4 is 11.1 Å². The standard InChI is InChI=1S/C10H10N4OS2/c11-7-3-1-2-4-8(7)13-9(15)5-16-10-14-12-6-17-10/h1-4,6H,5,11H2,(H,13,15). The number of carbonyl (C=O) groups excluding carboxylic acids is 1. The lowest BCUT2D eigenvalue weighted by Gasteiger charge is -2.06. The first kappa shape index (κ1) is 11.9. The van der Waals surface area contributed by atoms with Gasteiger partial charge in [0, 0.05) is 0 Å². The molecule has 17 heavy (non-hydrogen) atoms. The topological polar surface area (TPSA) is 80.9 Å². The Morgan fingerprint density at radius 2 is 2.29 bits per heavy atom. The average Bonchev–Trinajstić information content (AvgIpc) is 2.82. The van der Waals surface area contributed by atoms with Gasteiger partial charge in [-0.1, -0.05) is 35.2 Å². The zero-order chi connectivity index (χ0) is 12.1. The highest BCUT2D eigenvalue weighted by atomic mass is 32.2. The van der Waals surface area contributed by atoms with Gasteiger partial charge in [-0.3, -0.25) is 4.79 Å². The lowest BCUT2D eigenvalue weighted by Crippen LogP contribution is -2.15. The Labute approximate surface area is 106 Å². The number of nitrogens with zero attached hydrogens (tertiary/aromatic N) is 2. The molecule has 0 aliphatic rings. The number of hydrogen-bond acceptors (Lipinski definition) is 6. The van der Waals surface area contributed by atoms with E-state index in [9.17, 15) is 4.79 Å². The third-order valence-electron chi connectivity index (χ3n) is 1.90. The molecule has 0 fully saturated rings. The lowest BCUT2D eigenvalue weighted by atomic mass is 10.3. The van der Waals surface area contributed by atoms with Gasteiger partial charge in [0.1, 0.15) is 5.51 Å². The van der Waals surface area contributed by atoms with Crippen LogP contribution in [0.1, 0.15) is 0 Å². The highest BCUT2D eigenvalue weighted by Crippen LogP contribution is 2.20. The first-order chi connectivity index (χ1) is 8.25. The van der Waals surface area contributed by atoms with Crippen molar-refractivity contribution in [2.75, 3.05) is 16.8 Å². The number of benzene rings is 1. The van der Waals surface area contributed by atoms with Gasteiger partial charge >= 0.3 is 0 Å². The van der Waals surface area contributed by atoms with Crippen molar-refractivity contribution in [2.45, 2.75) is 4.34 Å². The van der Waals surface area contributed by atoms with Crippen molar-refractivity contribution in [2.24, 2.45) is 0 Å². The summed E-state index contributed by atoms with van der Waals surface area (Å²) < 4.78 is 0.779.